The number of amides is 1. The van der Waals surface area contributed by atoms with Gasteiger partial charge in [-0.15, -0.1) is 0 Å². The van der Waals surface area contributed by atoms with Crippen molar-refractivity contribution in [3.05, 3.63) is 24.5 Å². The molecule has 0 bridgehead atoms. The van der Waals surface area contributed by atoms with Gasteiger partial charge in [-0.3, -0.25) is 14.7 Å². The first-order valence-electron chi connectivity index (χ1n) is 9.91. The number of aromatic amines is 1. The van der Waals surface area contributed by atoms with E-state index in [9.17, 15) is 9.18 Å². The largest absolute Gasteiger partial charge is 0.380 e. The lowest BCUT2D eigenvalue weighted by Crippen LogP contribution is -2.47. The van der Waals surface area contributed by atoms with Crippen LogP contribution in [0.5, 0.6) is 0 Å². The van der Waals surface area contributed by atoms with E-state index in [0.717, 1.165) is 42.7 Å². The van der Waals surface area contributed by atoms with Gasteiger partial charge < -0.3 is 15.2 Å². The summed E-state index contributed by atoms with van der Waals surface area (Å²) < 4.78 is 13.7. The van der Waals surface area contributed by atoms with E-state index >= 15 is 0 Å². The van der Waals surface area contributed by atoms with Crippen molar-refractivity contribution < 1.29 is 9.18 Å². The summed E-state index contributed by atoms with van der Waals surface area (Å²) >= 11 is 0. The Bertz CT molecular complexity index is 844. The third-order valence-corrected chi connectivity index (χ3v) is 5.69. The number of halogens is 1. The fourth-order valence-electron chi connectivity index (χ4n) is 4.24. The predicted molar refractivity (Wildman–Crippen MR) is 109 cm³/mol. The van der Waals surface area contributed by atoms with Crippen molar-refractivity contribution in [3.8, 4) is 0 Å². The van der Waals surface area contributed by atoms with Crippen molar-refractivity contribution in [2.24, 2.45) is 4.99 Å². The number of carbonyl (C=O) groups is 1. The Morgan fingerprint density at radius 1 is 1.43 bits per heavy atom. The third kappa shape index (κ3) is 4.01. The number of para-hydroxylation sites is 1. The molecule has 2 fully saturated rings. The summed E-state index contributed by atoms with van der Waals surface area (Å²) in [5.74, 6) is -0.00122. The van der Waals surface area contributed by atoms with Crippen LogP contribution in [0.1, 0.15) is 19.3 Å². The topological polar surface area (TPSA) is 76.6 Å². The summed E-state index contributed by atoms with van der Waals surface area (Å²) in [7, 11) is 1.66. The van der Waals surface area contributed by atoms with E-state index in [2.05, 4.69) is 31.2 Å². The molecule has 2 saturated heterocycles. The van der Waals surface area contributed by atoms with Crippen molar-refractivity contribution in [1.29, 1.82) is 0 Å². The number of piperidine rings is 1. The zero-order valence-corrected chi connectivity index (χ0v) is 16.1. The minimum atomic E-state index is -0.952. The van der Waals surface area contributed by atoms with Gasteiger partial charge in [-0.2, -0.15) is 0 Å². The summed E-state index contributed by atoms with van der Waals surface area (Å²) in [6.07, 6.45) is 4.72. The van der Waals surface area contributed by atoms with Crippen LogP contribution in [0.15, 0.2) is 29.5 Å². The van der Waals surface area contributed by atoms with Crippen LogP contribution in [-0.2, 0) is 4.79 Å². The van der Waals surface area contributed by atoms with Crippen LogP contribution in [0.2, 0.25) is 0 Å². The highest BCUT2D eigenvalue weighted by Crippen LogP contribution is 2.24. The molecule has 150 valence electrons. The number of nitrogens with one attached hydrogen (secondary N) is 2. The average molecular weight is 386 g/mol. The van der Waals surface area contributed by atoms with E-state index in [1.165, 1.54) is 0 Å². The number of alkyl halides is 1. The number of nitrogens with zero attached hydrogens (tertiary/aromatic N) is 4. The number of likely N-dealkylation sites (tertiary alicyclic amines) is 2. The highest BCUT2D eigenvalue weighted by Gasteiger charge is 2.35. The van der Waals surface area contributed by atoms with Crippen molar-refractivity contribution >= 4 is 28.8 Å². The second-order valence-corrected chi connectivity index (χ2v) is 7.65. The maximum absolute atomic E-state index is 13.7. The molecule has 2 N–H and O–H groups in total. The van der Waals surface area contributed by atoms with Gasteiger partial charge in [0.1, 0.15) is 6.17 Å². The number of aromatic nitrogens is 2. The Kier molecular flexibility index (Phi) is 5.57. The van der Waals surface area contributed by atoms with Gasteiger partial charge in [0, 0.05) is 38.8 Å². The molecule has 1 amide bonds. The second-order valence-electron chi connectivity index (χ2n) is 7.65. The van der Waals surface area contributed by atoms with E-state index < -0.39 is 6.17 Å². The van der Waals surface area contributed by atoms with Gasteiger partial charge in [-0.05, 0) is 25.0 Å². The van der Waals surface area contributed by atoms with E-state index in [-0.39, 0.29) is 18.5 Å². The number of hydrogen-bond donors (Lipinski definition) is 2. The van der Waals surface area contributed by atoms with E-state index in [1.807, 2.05) is 12.1 Å². The standard InChI is InChI=1S/C20H27FN6O/c1-22-10-16-9-14(21)11-27(16)19(28)12-26-7-5-15(6-8-26)25-18-4-2-3-17-20(18)24-13-23-17/h2-4,10,13-16,25H,5-9,11-12H2,1H3,(H,23,24)/t14-,16-/m0/s1. The number of H-pyrrole nitrogens is 1. The molecule has 2 aliphatic heterocycles. The Morgan fingerprint density at radius 2 is 2.25 bits per heavy atom. The number of imidazole rings is 1. The lowest BCUT2D eigenvalue weighted by Gasteiger charge is -2.34. The van der Waals surface area contributed by atoms with Crippen molar-refractivity contribution in [3.63, 3.8) is 0 Å². The molecule has 2 atom stereocenters. The molecule has 0 spiro atoms. The molecule has 8 heteroatoms. The molecule has 0 aliphatic carbocycles. The van der Waals surface area contributed by atoms with Crippen LogP contribution in [0, 0.1) is 0 Å². The zero-order chi connectivity index (χ0) is 19.5. The summed E-state index contributed by atoms with van der Waals surface area (Å²) in [5, 5.41) is 3.61. The van der Waals surface area contributed by atoms with Gasteiger partial charge in [-0.1, -0.05) is 6.07 Å². The molecule has 0 saturated carbocycles. The van der Waals surface area contributed by atoms with Gasteiger partial charge in [0.25, 0.3) is 0 Å². The quantitative estimate of drug-likeness (QED) is 0.772. The van der Waals surface area contributed by atoms with Crippen LogP contribution in [-0.4, -0.2) is 83.4 Å². The molecule has 28 heavy (non-hydrogen) atoms. The first kappa shape index (κ1) is 18.9. The molecule has 0 radical (unpaired) electrons. The second kappa shape index (κ2) is 8.26. The number of rotatable bonds is 5. The van der Waals surface area contributed by atoms with E-state index in [0.29, 0.717) is 19.0 Å². The first-order chi connectivity index (χ1) is 13.6. The molecular weight excluding hydrogens is 359 g/mol. The molecule has 1 aromatic carbocycles. The predicted octanol–water partition coefficient (Wildman–Crippen LogP) is 2.08. The first-order valence-corrected chi connectivity index (χ1v) is 9.91. The van der Waals surface area contributed by atoms with Crippen LogP contribution in [0.3, 0.4) is 0 Å². The molecular formula is C20H27FN6O. The van der Waals surface area contributed by atoms with Crippen LogP contribution < -0.4 is 5.32 Å². The monoisotopic (exact) mass is 386 g/mol. The van der Waals surface area contributed by atoms with E-state index in [1.54, 1.807) is 24.5 Å². The van der Waals surface area contributed by atoms with Crippen molar-refractivity contribution in [2.75, 3.05) is 38.5 Å². The lowest BCUT2D eigenvalue weighted by atomic mass is 10.0. The average Bonchev–Trinajstić information content (AvgIpc) is 3.31. The van der Waals surface area contributed by atoms with Gasteiger partial charge >= 0.3 is 0 Å². The smallest absolute Gasteiger partial charge is 0.237 e. The fourth-order valence-corrected chi connectivity index (χ4v) is 4.24. The highest BCUT2D eigenvalue weighted by molar-refractivity contribution is 5.88. The Morgan fingerprint density at radius 3 is 3.04 bits per heavy atom. The van der Waals surface area contributed by atoms with Crippen LogP contribution >= 0.6 is 0 Å². The zero-order valence-electron chi connectivity index (χ0n) is 16.1. The normalized spacial score (nSPS) is 24.4. The minimum absolute atomic E-state index is 0.00122. The highest BCUT2D eigenvalue weighted by atomic mass is 19.1. The maximum Gasteiger partial charge on any atom is 0.237 e. The SMILES string of the molecule is CN=C[C@@H]1C[C@H](F)CN1C(=O)CN1CCC(Nc2cccc3nc[nH]c23)CC1. The number of hydrogen-bond acceptors (Lipinski definition) is 5. The molecule has 7 nitrogen and oxygen atoms in total. The fraction of sp³-hybridized carbons (Fsp3) is 0.550. The Labute approximate surface area is 164 Å². The molecule has 2 aromatic rings. The summed E-state index contributed by atoms with van der Waals surface area (Å²) in [6, 6.07) is 6.21. The van der Waals surface area contributed by atoms with Gasteiger partial charge in [0.15, 0.2) is 0 Å². The van der Waals surface area contributed by atoms with Gasteiger partial charge in [-0.25, -0.2) is 9.37 Å². The summed E-state index contributed by atoms with van der Waals surface area (Å²) in [6.45, 7) is 2.23. The van der Waals surface area contributed by atoms with Crippen molar-refractivity contribution in [2.45, 2.75) is 37.5 Å². The van der Waals surface area contributed by atoms with Gasteiger partial charge in [0.2, 0.25) is 5.91 Å². The number of anilines is 1. The molecule has 0 unspecified atom stereocenters. The van der Waals surface area contributed by atoms with Gasteiger partial charge in [0.05, 0.1) is 42.2 Å². The third-order valence-electron chi connectivity index (χ3n) is 5.69. The lowest BCUT2D eigenvalue weighted by molar-refractivity contribution is -0.132. The maximum atomic E-state index is 13.7. The van der Waals surface area contributed by atoms with E-state index in [4.69, 9.17) is 0 Å². The number of benzene rings is 1. The molecule has 3 heterocycles. The number of carbonyl (C=O) groups excluding carboxylic acids is 1. The summed E-state index contributed by atoms with van der Waals surface area (Å²) in [5.41, 5.74) is 3.05. The number of fused-ring (bicyclic) bond motifs is 1. The summed E-state index contributed by atoms with van der Waals surface area (Å²) in [4.78, 5) is 27.9. The molecule has 1 aromatic heterocycles. The van der Waals surface area contributed by atoms with Crippen LogP contribution in [0.4, 0.5) is 10.1 Å². The molecule has 4 rings (SSSR count). The molecule has 2 aliphatic rings. The number of aliphatic imine (C=N–C) groups is 1. The van der Waals surface area contributed by atoms with Crippen molar-refractivity contribution in [1.82, 2.24) is 19.8 Å². The Hall–Kier alpha value is -2.48. The Balaban J connectivity index is 1.29. The minimum Gasteiger partial charge on any atom is -0.380 e. The van der Waals surface area contributed by atoms with Crippen LogP contribution in [0.25, 0.3) is 11.0 Å².